The Morgan fingerprint density at radius 1 is 0.347 bits per heavy atom. The van der Waals surface area contributed by atoms with Gasteiger partial charge in [0.25, 0.3) is 0 Å². The average molecular weight is 689 g/mol. The third-order valence-corrected chi connectivity index (χ3v) is 19.8. The molecule has 0 saturated carbocycles. The van der Waals surface area contributed by atoms with Crippen LogP contribution >= 0.6 is 0 Å². The summed E-state index contributed by atoms with van der Waals surface area (Å²) in [5, 5.41) is 9.44. The molecule has 5 heteroatoms. The van der Waals surface area contributed by atoms with Crippen LogP contribution in [0.4, 0.5) is 17.1 Å². The van der Waals surface area contributed by atoms with Crippen LogP contribution in [0.15, 0.2) is 194 Å². The predicted octanol–water partition coefficient (Wildman–Crippen LogP) is 7.76. The van der Waals surface area contributed by atoms with Crippen molar-refractivity contribution in [1.82, 2.24) is 14.8 Å². The van der Waals surface area contributed by atoms with Crippen LogP contribution in [-0.4, -0.2) is 28.0 Å². The van der Waals surface area contributed by atoms with Crippen LogP contribution in [0.5, 0.6) is 0 Å². The fourth-order valence-corrected chi connectivity index (χ4v) is 18.2. The molecule has 0 atom stereocenters. The molecular weight excluding hydrogens is 657 g/mol. The van der Waals surface area contributed by atoms with Gasteiger partial charge < -0.3 is 0 Å². The van der Waals surface area contributed by atoms with Crippen molar-refractivity contribution in [3.63, 3.8) is 0 Å². The molecule has 1 aliphatic rings. The van der Waals surface area contributed by atoms with Gasteiger partial charge in [-0.3, -0.25) is 0 Å². The second-order valence-corrected chi connectivity index (χ2v) is 20.1. The van der Waals surface area contributed by atoms with E-state index in [1.807, 2.05) is 24.3 Å². The molecule has 7 aromatic carbocycles. The fraction of sp³-hybridized carbons (Fsp3) is 0. The molecule has 0 spiro atoms. The molecule has 0 unspecified atom stereocenters. The van der Waals surface area contributed by atoms with Gasteiger partial charge in [0.2, 0.25) is 0 Å². The first kappa shape index (κ1) is 29.2. The summed E-state index contributed by atoms with van der Waals surface area (Å²) >= 11 is -3.41. The minimum absolute atomic E-state index is 0.804. The monoisotopic (exact) mass is 690 g/mol. The standard InChI is InChI=1S/C44H32GeN4/c1-5-17-33(18-6-1)43-46-47-44(49(43)37-23-11-4-12-24-37)34-29-31-38(32-30-34)48-41-27-15-13-25-39(41)45(35-19-7-2-8-20-35,36-21-9-3-10-22-36)40-26-14-16-28-42(40)48/h1-32H. The van der Waals surface area contributed by atoms with Crippen LogP contribution in [0.25, 0.3) is 28.5 Å². The molecule has 0 bridgehead atoms. The number of benzene rings is 7. The quantitative estimate of drug-likeness (QED) is 0.168. The molecule has 1 aromatic heterocycles. The number of rotatable bonds is 6. The number of para-hydroxylation sites is 3. The Hall–Kier alpha value is -5.98. The zero-order chi connectivity index (χ0) is 32.6. The number of fused-ring (bicyclic) bond motifs is 2. The summed E-state index contributed by atoms with van der Waals surface area (Å²) in [6.45, 7) is 0. The van der Waals surface area contributed by atoms with Gasteiger partial charge in [0.15, 0.2) is 0 Å². The first-order valence-corrected chi connectivity index (χ1v) is 20.8. The summed E-state index contributed by atoms with van der Waals surface area (Å²) in [6, 6.07) is 69.9. The molecule has 0 fully saturated rings. The van der Waals surface area contributed by atoms with Gasteiger partial charge >= 0.3 is 266 Å². The van der Waals surface area contributed by atoms with Crippen molar-refractivity contribution in [3.05, 3.63) is 194 Å². The van der Waals surface area contributed by atoms with Crippen LogP contribution in [0, 0.1) is 0 Å². The van der Waals surface area contributed by atoms with Crippen molar-refractivity contribution in [2.45, 2.75) is 0 Å². The van der Waals surface area contributed by atoms with Gasteiger partial charge in [-0.25, -0.2) is 0 Å². The van der Waals surface area contributed by atoms with Gasteiger partial charge in [0, 0.05) is 0 Å². The van der Waals surface area contributed by atoms with E-state index in [0.29, 0.717) is 0 Å². The maximum absolute atomic E-state index is 4.75. The van der Waals surface area contributed by atoms with Crippen LogP contribution in [-0.2, 0) is 0 Å². The Bertz CT molecular complexity index is 2280. The summed E-state index contributed by atoms with van der Waals surface area (Å²) < 4.78 is 7.87. The Balaban J connectivity index is 1.21. The van der Waals surface area contributed by atoms with Crippen molar-refractivity contribution in [3.8, 4) is 28.5 Å². The van der Waals surface area contributed by atoms with Gasteiger partial charge in [0.05, 0.1) is 0 Å². The molecule has 0 radical (unpaired) electrons. The van der Waals surface area contributed by atoms with E-state index in [1.54, 1.807) is 0 Å². The second-order valence-electron chi connectivity index (χ2n) is 12.3. The van der Waals surface area contributed by atoms with E-state index in [0.717, 1.165) is 34.2 Å². The second kappa shape index (κ2) is 12.2. The Morgan fingerprint density at radius 3 is 1.27 bits per heavy atom. The third-order valence-electron chi connectivity index (χ3n) is 9.60. The van der Waals surface area contributed by atoms with Crippen LogP contribution in [0.2, 0.25) is 0 Å². The molecule has 49 heavy (non-hydrogen) atoms. The summed E-state index contributed by atoms with van der Waals surface area (Å²) in [5.41, 5.74) is 6.63. The molecular formula is C44H32GeN4. The van der Waals surface area contributed by atoms with E-state index in [4.69, 9.17) is 10.2 Å². The fourth-order valence-electron chi connectivity index (χ4n) is 7.52. The number of anilines is 3. The first-order chi connectivity index (χ1) is 24.3. The number of nitrogens with zero attached hydrogens (tertiary/aromatic N) is 4. The predicted molar refractivity (Wildman–Crippen MR) is 204 cm³/mol. The molecule has 0 amide bonds. The van der Waals surface area contributed by atoms with Crippen LogP contribution < -0.4 is 22.5 Å². The molecule has 9 rings (SSSR count). The van der Waals surface area contributed by atoms with E-state index in [2.05, 4.69) is 179 Å². The van der Waals surface area contributed by atoms with Crippen molar-refractivity contribution in [2.24, 2.45) is 0 Å². The topological polar surface area (TPSA) is 34.0 Å². The Labute approximate surface area is 289 Å². The number of aromatic nitrogens is 3. The molecule has 232 valence electrons. The van der Waals surface area contributed by atoms with Gasteiger partial charge in [-0.05, 0) is 0 Å². The van der Waals surface area contributed by atoms with Crippen molar-refractivity contribution < 1.29 is 0 Å². The number of hydrogen-bond donors (Lipinski definition) is 0. The van der Waals surface area contributed by atoms with Crippen molar-refractivity contribution in [2.75, 3.05) is 4.90 Å². The van der Waals surface area contributed by atoms with E-state index in [-0.39, 0.29) is 0 Å². The van der Waals surface area contributed by atoms with Gasteiger partial charge in [-0.2, -0.15) is 0 Å². The summed E-state index contributed by atoms with van der Waals surface area (Å²) in [7, 11) is 0. The molecule has 0 N–H and O–H groups in total. The maximum atomic E-state index is 4.75. The van der Waals surface area contributed by atoms with Crippen molar-refractivity contribution >= 4 is 47.9 Å². The minimum Gasteiger partial charge on any atom is -0.0615 e. The summed E-state index contributed by atoms with van der Waals surface area (Å²) in [4.78, 5) is 2.45. The average Bonchev–Trinajstić information content (AvgIpc) is 3.64. The zero-order valence-corrected chi connectivity index (χ0v) is 28.9. The van der Waals surface area contributed by atoms with Crippen molar-refractivity contribution in [1.29, 1.82) is 0 Å². The summed E-state index contributed by atoms with van der Waals surface area (Å²) in [5.74, 6) is 1.62. The SMILES string of the molecule is c1ccc(-c2nnc(-c3ccc(N4c5cccc[c]5[Ge]([c]5ccccc5)([c]5ccccc5)[c]5ccccc54)cc3)n2-c2ccccc2)cc1. The molecule has 0 aliphatic carbocycles. The van der Waals surface area contributed by atoms with Gasteiger partial charge in [-0.15, -0.1) is 0 Å². The third kappa shape index (κ3) is 4.75. The molecule has 8 aromatic rings. The molecule has 2 heterocycles. The van der Waals surface area contributed by atoms with Gasteiger partial charge in [0.1, 0.15) is 0 Å². The Kier molecular flexibility index (Phi) is 7.29. The Morgan fingerprint density at radius 2 is 0.755 bits per heavy atom. The van der Waals surface area contributed by atoms with E-state index < -0.39 is 13.3 Å². The van der Waals surface area contributed by atoms with Crippen LogP contribution in [0.1, 0.15) is 0 Å². The van der Waals surface area contributed by atoms with E-state index in [9.17, 15) is 0 Å². The molecule has 0 saturated heterocycles. The summed E-state index contributed by atoms with van der Waals surface area (Å²) in [6.07, 6.45) is 0. The smallest absolute Gasteiger partial charge is 0.0615 e. The van der Waals surface area contributed by atoms with E-state index >= 15 is 0 Å². The molecule has 4 nitrogen and oxygen atoms in total. The normalized spacial score (nSPS) is 13.0. The minimum atomic E-state index is -3.41. The van der Waals surface area contributed by atoms with E-state index in [1.165, 1.54) is 29.0 Å². The zero-order valence-electron chi connectivity index (χ0n) is 26.8. The number of hydrogen-bond acceptors (Lipinski definition) is 3. The first-order valence-electron chi connectivity index (χ1n) is 16.6. The van der Waals surface area contributed by atoms with Gasteiger partial charge in [-0.1, -0.05) is 24.3 Å². The van der Waals surface area contributed by atoms with Crippen LogP contribution in [0.3, 0.4) is 0 Å². The molecule has 1 aliphatic heterocycles.